The standard InChI is InChI=1S/C22H23ClN2O5/c1-13(20(27)29-2)25(19(26)17-9-8-16(23)12-18(17)24)22(10-11-22)15-6-4-14(5-7-15)21(28)30-3/h4-9,12-13H,10-11,24H2,1-3H3. The number of hydrogen-bond acceptors (Lipinski definition) is 6. The van der Waals surface area contributed by atoms with Gasteiger partial charge in [-0.1, -0.05) is 23.7 Å². The fourth-order valence-corrected chi connectivity index (χ4v) is 3.88. The van der Waals surface area contributed by atoms with E-state index in [2.05, 4.69) is 0 Å². The number of hydrogen-bond donors (Lipinski definition) is 1. The molecule has 8 heteroatoms. The van der Waals surface area contributed by atoms with Gasteiger partial charge in [0.25, 0.3) is 5.91 Å². The van der Waals surface area contributed by atoms with E-state index in [4.69, 9.17) is 26.8 Å². The molecule has 0 spiro atoms. The van der Waals surface area contributed by atoms with Crippen molar-refractivity contribution in [2.24, 2.45) is 0 Å². The molecule has 0 bridgehead atoms. The molecule has 0 radical (unpaired) electrons. The molecular weight excluding hydrogens is 408 g/mol. The summed E-state index contributed by atoms with van der Waals surface area (Å²) in [5, 5.41) is 0.413. The monoisotopic (exact) mass is 430 g/mol. The summed E-state index contributed by atoms with van der Waals surface area (Å²) in [6.45, 7) is 1.62. The number of nitrogens with zero attached hydrogens (tertiary/aromatic N) is 1. The molecule has 0 aromatic heterocycles. The van der Waals surface area contributed by atoms with Gasteiger partial charge in [0.05, 0.1) is 30.9 Å². The first-order valence-corrected chi connectivity index (χ1v) is 9.78. The first-order valence-electron chi connectivity index (χ1n) is 9.40. The summed E-state index contributed by atoms with van der Waals surface area (Å²) in [7, 11) is 2.59. The van der Waals surface area contributed by atoms with E-state index in [0.717, 1.165) is 5.56 Å². The van der Waals surface area contributed by atoms with Crippen LogP contribution in [0.25, 0.3) is 0 Å². The SMILES string of the molecule is COC(=O)c1ccc(C2(N(C(=O)c3ccc(Cl)cc3N)C(C)C(=O)OC)CC2)cc1. The Bertz CT molecular complexity index is 986. The van der Waals surface area contributed by atoms with Crippen LogP contribution in [0, 0.1) is 0 Å². The Morgan fingerprint density at radius 1 is 1.07 bits per heavy atom. The highest BCUT2D eigenvalue weighted by Crippen LogP contribution is 2.52. The van der Waals surface area contributed by atoms with Gasteiger partial charge in [0.15, 0.2) is 0 Å². The number of carbonyl (C=O) groups is 3. The van der Waals surface area contributed by atoms with E-state index in [-0.39, 0.29) is 11.3 Å². The summed E-state index contributed by atoms with van der Waals surface area (Å²) in [6, 6.07) is 10.6. The Hall–Kier alpha value is -3.06. The van der Waals surface area contributed by atoms with Gasteiger partial charge in [-0.25, -0.2) is 9.59 Å². The third kappa shape index (κ3) is 3.85. The van der Waals surface area contributed by atoms with Crippen molar-refractivity contribution in [1.82, 2.24) is 4.90 Å². The van der Waals surface area contributed by atoms with Crippen LogP contribution < -0.4 is 5.73 Å². The van der Waals surface area contributed by atoms with Crippen LogP contribution in [0.3, 0.4) is 0 Å². The van der Waals surface area contributed by atoms with Crippen molar-refractivity contribution in [1.29, 1.82) is 0 Å². The Balaban J connectivity index is 2.05. The minimum atomic E-state index is -0.847. The van der Waals surface area contributed by atoms with Crippen molar-refractivity contribution in [3.05, 3.63) is 64.2 Å². The lowest BCUT2D eigenvalue weighted by atomic mass is 9.97. The second kappa shape index (κ2) is 8.36. The van der Waals surface area contributed by atoms with Gasteiger partial charge in [0.1, 0.15) is 6.04 Å². The van der Waals surface area contributed by atoms with Gasteiger partial charge in [-0.3, -0.25) is 4.79 Å². The normalized spacial score (nSPS) is 15.1. The second-order valence-electron chi connectivity index (χ2n) is 7.21. The fourth-order valence-electron chi connectivity index (χ4n) is 3.70. The zero-order chi connectivity index (χ0) is 22.1. The molecule has 1 unspecified atom stereocenters. The van der Waals surface area contributed by atoms with Crippen molar-refractivity contribution >= 4 is 35.1 Å². The zero-order valence-corrected chi connectivity index (χ0v) is 17.7. The van der Waals surface area contributed by atoms with Gasteiger partial charge in [-0.05, 0) is 55.7 Å². The number of nitrogens with two attached hydrogens (primary N) is 1. The highest BCUT2D eigenvalue weighted by Gasteiger charge is 2.54. The van der Waals surface area contributed by atoms with Crippen molar-refractivity contribution in [3.8, 4) is 0 Å². The molecule has 2 N–H and O–H groups in total. The fraction of sp³-hybridized carbons (Fsp3) is 0.318. The molecule has 0 heterocycles. The average Bonchev–Trinajstić information content (AvgIpc) is 3.54. The third-order valence-corrected chi connectivity index (χ3v) is 5.66. The molecule has 1 aliphatic rings. The van der Waals surface area contributed by atoms with Gasteiger partial charge >= 0.3 is 11.9 Å². The number of rotatable bonds is 6. The van der Waals surface area contributed by atoms with Crippen LogP contribution >= 0.6 is 11.6 Å². The lowest BCUT2D eigenvalue weighted by Gasteiger charge is -2.36. The van der Waals surface area contributed by atoms with Crippen LogP contribution in [-0.4, -0.2) is 43.0 Å². The third-order valence-electron chi connectivity index (χ3n) is 5.42. The number of esters is 2. The predicted molar refractivity (Wildman–Crippen MR) is 112 cm³/mol. The molecule has 158 valence electrons. The number of carbonyl (C=O) groups excluding carboxylic acids is 3. The Labute approximate surface area is 179 Å². The molecule has 1 saturated carbocycles. The molecule has 2 aromatic rings. The molecular formula is C22H23ClN2O5. The molecule has 1 fully saturated rings. The van der Waals surface area contributed by atoms with E-state index in [9.17, 15) is 14.4 Å². The first kappa shape index (κ1) is 21.6. The molecule has 7 nitrogen and oxygen atoms in total. The highest BCUT2D eigenvalue weighted by atomic mass is 35.5. The molecule has 2 aromatic carbocycles. The molecule has 30 heavy (non-hydrogen) atoms. The summed E-state index contributed by atoms with van der Waals surface area (Å²) in [4.78, 5) is 39.2. The number of methoxy groups -OCH3 is 2. The van der Waals surface area contributed by atoms with Crippen molar-refractivity contribution in [3.63, 3.8) is 0 Å². The van der Waals surface area contributed by atoms with Gasteiger partial charge in [0.2, 0.25) is 0 Å². The van der Waals surface area contributed by atoms with E-state index in [1.807, 2.05) is 0 Å². The molecule has 3 rings (SSSR count). The predicted octanol–water partition coefficient (Wildman–Crippen LogP) is 3.40. The van der Waals surface area contributed by atoms with Crippen LogP contribution in [0.1, 0.15) is 46.0 Å². The average molecular weight is 431 g/mol. The summed E-state index contributed by atoms with van der Waals surface area (Å²) in [5.41, 5.74) is 7.04. The quantitative estimate of drug-likeness (QED) is 0.557. The lowest BCUT2D eigenvalue weighted by molar-refractivity contribution is -0.146. The van der Waals surface area contributed by atoms with Crippen LogP contribution in [0.4, 0.5) is 5.69 Å². The van der Waals surface area contributed by atoms with Crippen LogP contribution in [0.15, 0.2) is 42.5 Å². The summed E-state index contributed by atoms with van der Waals surface area (Å²) in [6.07, 6.45) is 1.32. The van der Waals surface area contributed by atoms with Crippen molar-refractivity contribution in [2.75, 3.05) is 20.0 Å². The van der Waals surface area contributed by atoms with E-state index in [1.54, 1.807) is 43.3 Å². The number of halogens is 1. The lowest BCUT2D eigenvalue weighted by Crippen LogP contribution is -2.50. The minimum absolute atomic E-state index is 0.228. The Morgan fingerprint density at radius 2 is 1.70 bits per heavy atom. The second-order valence-corrected chi connectivity index (χ2v) is 7.64. The smallest absolute Gasteiger partial charge is 0.337 e. The van der Waals surface area contributed by atoms with Crippen LogP contribution in [0.5, 0.6) is 0 Å². The van der Waals surface area contributed by atoms with Gasteiger partial charge in [-0.15, -0.1) is 0 Å². The molecule has 0 aliphatic heterocycles. The number of nitrogen functional groups attached to an aromatic ring is 1. The maximum atomic E-state index is 13.5. The summed E-state index contributed by atoms with van der Waals surface area (Å²) < 4.78 is 9.64. The van der Waals surface area contributed by atoms with Gasteiger partial charge in [-0.2, -0.15) is 0 Å². The van der Waals surface area contributed by atoms with Crippen molar-refractivity contribution in [2.45, 2.75) is 31.3 Å². The van der Waals surface area contributed by atoms with E-state index < -0.39 is 29.4 Å². The summed E-state index contributed by atoms with van der Waals surface area (Å²) >= 11 is 5.97. The van der Waals surface area contributed by atoms with E-state index >= 15 is 0 Å². The largest absolute Gasteiger partial charge is 0.467 e. The van der Waals surface area contributed by atoms with Crippen molar-refractivity contribution < 1.29 is 23.9 Å². The first-order chi connectivity index (χ1) is 14.2. The number of benzene rings is 2. The van der Waals surface area contributed by atoms with Crippen LogP contribution in [0.2, 0.25) is 5.02 Å². The van der Waals surface area contributed by atoms with Gasteiger partial charge in [0, 0.05) is 10.7 Å². The number of ether oxygens (including phenoxy) is 2. The van der Waals surface area contributed by atoms with E-state index in [0.29, 0.717) is 23.4 Å². The maximum Gasteiger partial charge on any atom is 0.337 e. The van der Waals surface area contributed by atoms with Gasteiger partial charge < -0.3 is 20.1 Å². The zero-order valence-electron chi connectivity index (χ0n) is 17.0. The number of anilines is 1. The van der Waals surface area contributed by atoms with Crippen LogP contribution in [-0.2, 0) is 19.8 Å². The minimum Gasteiger partial charge on any atom is -0.467 e. The molecule has 1 amide bonds. The van der Waals surface area contributed by atoms with E-state index in [1.165, 1.54) is 25.2 Å². The maximum absolute atomic E-state index is 13.5. The Kier molecular flexibility index (Phi) is 6.03. The highest BCUT2D eigenvalue weighted by molar-refractivity contribution is 6.31. The topological polar surface area (TPSA) is 98.9 Å². The summed E-state index contributed by atoms with van der Waals surface area (Å²) in [5.74, 6) is -1.37. The molecule has 1 atom stereocenters. The molecule has 0 saturated heterocycles. The number of amides is 1. The molecule has 1 aliphatic carbocycles. The Morgan fingerprint density at radius 3 is 2.20 bits per heavy atom.